The van der Waals surface area contributed by atoms with Gasteiger partial charge in [0.05, 0.1) is 13.2 Å². The van der Waals surface area contributed by atoms with E-state index in [1.807, 2.05) is 4.90 Å². The number of hydrogen-bond acceptors (Lipinski definition) is 3. The molecule has 1 aliphatic heterocycles. The maximum atomic E-state index is 11.8. The number of halogens is 2. The van der Waals surface area contributed by atoms with Gasteiger partial charge in [-0.05, 0) is 0 Å². The van der Waals surface area contributed by atoms with Crippen molar-refractivity contribution in [2.24, 2.45) is 0 Å². The second-order valence-electron chi connectivity index (χ2n) is 2.97. The molecule has 13 heavy (non-hydrogen) atoms. The Balaban J connectivity index is 2.13. The van der Waals surface area contributed by atoms with E-state index >= 15 is 0 Å². The van der Waals surface area contributed by atoms with E-state index in [1.54, 1.807) is 0 Å². The summed E-state index contributed by atoms with van der Waals surface area (Å²) >= 11 is 0. The number of ether oxygens (including phenoxy) is 1. The first kappa shape index (κ1) is 10.5. The highest BCUT2D eigenvalue weighted by molar-refractivity contribution is 5.81. The van der Waals surface area contributed by atoms with Gasteiger partial charge in [-0.15, -0.1) is 0 Å². The molecule has 1 aliphatic rings. The molecule has 0 N–H and O–H groups in total. The van der Waals surface area contributed by atoms with Crippen LogP contribution in [-0.2, 0) is 9.53 Å². The number of hydrogen-bond donors (Lipinski definition) is 0. The quantitative estimate of drug-likeness (QED) is 0.652. The molecule has 5 heteroatoms. The maximum Gasteiger partial charge on any atom is 0.296 e. The lowest BCUT2D eigenvalue weighted by atomic mass is 10.2. The van der Waals surface area contributed by atoms with Crippen LogP contribution in [0.3, 0.4) is 0 Å². The van der Waals surface area contributed by atoms with Crippen molar-refractivity contribution < 1.29 is 18.3 Å². The van der Waals surface area contributed by atoms with Gasteiger partial charge in [0, 0.05) is 26.1 Å². The van der Waals surface area contributed by atoms with E-state index in [-0.39, 0.29) is 6.42 Å². The molecule has 0 amide bonds. The summed E-state index contributed by atoms with van der Waals surface area (Å²) in [5.41, 5.74) is 0. The minimum Gasteiger partial charge on any atom is -0.379 e. The summed E-state index contributed by atoms with van der Waals surface area (Å²) in [5, 5.41) is 0. The zero-order valence-electron chi connectivity index (χ0n) is 7.34. The minimum absolute atomic E-state index is 0.0579. The number of ketones is 1. The summed E-state index contributed by atoms with van der Waals surface area (Å²) in [6.07, 6.45) is -2.88. The molecule has 0 unspecified atom stereocenters. The molecule has 0 aromatic heterocycles. The van der Waals surface area contributed by atoms with Gasteiger partial charge < -0.3 is 4.74 Å². The molecular formula is C8H13F2NO2. The Bertz CT molecular complexity index is 170. The third-order valence-electron chi connectivity index (χ3n) is 2.02. The van der Waals surface area contributed by atoms with Crippen molar-refractivity contribution >= 4 is 5.78 Å². The number of carbonyl (C=O) groups is 1. The number of rotatable bonds is 4. The van der Waals surface area contributed by atoms with Crippen molar-refractivity contribution in [2.75, 3.05) is 32.8 Å². The fourth-order valence-electron chi connectivity index (χ4n) is 1.20. The molecule has 0 aromatic carbocycles. The van der Waals surface area contributed by atoms with Gasteiger partial charge in [0.25, 0.3) is 6.43 Å². The monoisotopic (exact) mass is 193 g/mol. The molecule has 0 saturated carbocycles. The Morgan fingerprint density at radius 2 is 2.00 bits per heavy atom. The number of carbonyl (C=O) groups excluding carboxylic acids is 1. The van der Waals surface area contributed by atoms with Crippen molar-refractivity contribution in [2.45, 2.75) is 12.8 Å². The van der Waals surface area contributed by atoms with E-state index in [0.717, 1.165) is 13.1 Å². The van der Waals surface area contributed by atoms with E-state index in [9.17, 15) is 13.6 Å². The summed E-state index contributed by atoms with van der Waals surface area (Å²) in [5.74, 6) is -0.966. The Morgan fingerprint density at radius 3 is 2.54 bits per heavy atom. The van der Waals surface area contributed by atoms with Crippen LogP contribution >= 0.6 is 0 Å². The molecule has 1 heterocycles. The molecule has 3 nitrogen and oxygen atoms in total. The van der Waals surface area contributed by atoms with Crippen LogP contribution in [0.2, 0.25) is 0 Å². The molecule has 0 spiro atoms. The number of Topliss-reactive ketones (excluding diaryl/α,β-unsaturated/α-hetero) is 1. The first-order chi connectivity index (χ1) is 6.20. The fraction of sp³-hybridized carbons (Fsp3) is 0.875. The van der Waals surface area contributed by atoms with E-state index in [0.29, 0.717) is 19.8 Å². The Hall–Kier alpha value is -0.550. The van der Waals surface area contributed by atoms with Gasteiger partial charge in [-0.25, -0.2) is 8.78 Å². The first-order valence-electron chi connectivity index (χ1n) is 4.31. The smallest absolute Gasteiger partial charge is 0.296 e. The van der Waals surface area contributed by atoms with E-state index in [4.69, 9.17) is 4.74 Å². The van der Waals surface area contributed by atoms with Crippen LogP contribution in [0.25, 0.3) is 0 Å². The van der Waals surface area contributed by atoms with Gasteiger partial charge >= 0.3 is 0 Å². The molecule has 1 fully saturated rings. The van der Waals surface area contributed by atoms with Crippen LogP contribution in [-0.4, -0.2) is 50.0 Å². The number of nitrogens with zero attached hydrogens (tertiary/aromatic N) is 1. The SMILES string of the molecule is O=C(CCN1CCOCC1)C(F)F. The topological polar surface area (TPSA) is 29.5 Å². The van der Waals surface area contributed by atoms with E-state index in [2.05, 4.69) is 0 Å². The molecule has 76 valence electrons. The highest BCUT2D eigenvalue weighted by Gasteiger charge is 2.17. The van der Waals surface area contributed by atoms with Crippen molar-refractivity contribution in [3.05, 3.63) is 0 Å². The summed E-state index contributed by atoms with van der Waals surface area (Å²) < 4.78 is 28.7. The Morgan fingerprint density at radius 1 is 1.38 bits per heavy atom. The summed E-state index contributed by atoms with van der Waals surface area (Å²) in [6, 6.07) is 0. The second-order valence-corrected chi connectivity index (χ2v) is 2.97. The lowest BCUT2D eigenvalue weighted by Gasteiger charge is -2.26. The zero-order valence-corrected chi connectivity index (χ0v) is 7.34. The minimum atomic E-state index is -2.82. The van der Waals surface area contributed by atoms with Gasteiger partial charge in [0.2, 0.25) is 0 Å². The molecule has 1 rings (SSSR count). The third-order valence-corrected chi connectivity index (χ3v) is 2.02. The van der Waals surface area contributed by atoms with Crippen molar-refractivity contribution in [3.63, 3.8) is 0 Å². The predicted octanol–water partition coefficient (Wildman–Crippen LogP) is 0.543. The van der Waals surface area contributed by atoms with Gasteiger partial charge in [-0.3, -0.25) is 9.69 Å². The fourth-order valence-corrected chi connectivity index (χ4v) is 1.20. The average Bonchev–Trinajstić information content (AvgIpc) is 2.15. The van der Waals surface area contributed by atoms with Crippen LogP contribution in [0.5, 0.6) is 0 Å². The largest absolute Gasteiger partial charge is 0.379 e. The van der Waals surface area contributed by atoms with Gasteiger partial charge in [0.1, 0.15) is 0 Å². The van der Waals surface area contributed by atoms with E-state index in [1.165, 1.54) is 0 Å². The van der Waals surface area contributed by atoms with Gasteiger partial charge in [-0.2, -0.15) is 0 Å². The standard InChI is InChI=1S/C8H13F2NO2/c9-8(10)7(12)1-2-11-3-5-13-6-4-11/h8H,1-6H2. The Labute approximate surface area is 75.7 Å². The number of alkyl halides is 2. The third kappa shape index (κ3) is 3.78. The first-order valence-corrected chi connectivity index (χ1v) is 4.31. The number of morpholine rings is 1. The molecule has 0 atom stereocenters. The van der Waals surface area contributed by atoms with Crippen LogP contribution < -0.4 is 0 Å². The van der Waals surface area contributed by atoms with Crippen LogP contribution in [0.1, 0.15) is 6.42 Å². The second kappa shape index (κ2) is 5.24. The van der Waals surface area contributed by atoms with Crippen LogP contribution in [0, 0.1) is 0 Å². The lowest BCUT2D eigenvalue weighted by Crippen LogP contribution is -2.37. The Kier molecular flexibility index (Phi) is 4.24. The average molecular weight is 193 g/mol. The van der Waals surface area contributed by atoms with Gasteiger partial charge in [0.15, 0.2) is 5.78 Å². The van der Waals surface area contributed by atoms with Crippen LogP contribution in [0.15, 0.2) is 0 Å². The van der Waals surface area contributed by atoms with E-state index < -0.39 is 12.2 Å². The molecule has 0 radical (unpaired) electrons. The molecule has 0 aromatic rings. The highest BCUT2D eigenvalue weighted by Crippen LogP contribution is 2.02. The zero-order chi connectivity index (χ0) is 9.68. The molecule has 0 aliphatic carbocycles. The molecule has 0 bridgehead atoms. The summed E-state index contributed by atoms with van der Waals surface area (Å²) in [7, 11) is 0. The van der Waals surface area contributed by atoms with Gasteiger partial charge in [-0.1, -0.05) is 0 Å². The highest BCUT2D eigenvalue weighted by atomic mass is 19.3. The predicted molar refractivity (Wildman–Crippen MR) is 42.9 cm³/mol. The molecular weight excluding hydrogens is 180 g/mol. The molecule has 1 saturated heterocycles. The maximum absolute atomic E-state index is 11.8. The normalized spacial score (nSPS) is 19.3. The summed E-state index contributed by atoms with van der Waals surface area (Å²) in [6.45, 7) is 3.14. The van der Waals surface area contributed by atoms with Crippen molar-refractivity contribution in [1.29, 1.82) is 0 Å². The summed E-state index contributed by atoms with van der Waals surface area (Å²) in [4.78, 5) is 12.5. The van der Waals surface area contributed by atoms with Crippen LogP contribution in [0.4, 0.5) is 8.78 Å². The lowest BCUT2D eigenvalue weighted by molar-refractivity contribution is -0.130. The van der Waals surface area contributed by atoms with Crippen molar-refractivity contribution in [1.82, 2.24) is 4.90 Å². The van der Waals surface area contributed by atoms with Crippen molar-refractivity contribution in [3.8, 4) is 0 Å².